The Balaban J connectivity index is 3.11. The van der Waals surface area contributed by atoms with Crippen molar-refractivity contribution >= 4 is 31.6 Å². The fraction of sp³-hybridized carbons (Fsp3) is 0.500. The Hall–Kier alpha value is -0.660. The highest BCUT2D eigenvalue weighted by Crippen LogP contribution is 2.27. The van der Waals surface area contributed by atoms with Crippen LogP contribution in [0.5, 0.6) is 0 Å². The van der Waals surface area contributed by atoms with E-state index in [0.29, 0.717) is 0 Å². The first kappa shape index (κ1) is 16.4. The summed E-state index contributed by atoms with van der Waals surface area (Å²) < 4.78 is 40.4. The fourth-order valence-corrected chi connectivity index (χ4v) is 3.93. The summed E-state index contributed by atoms with van der Waals surface area (Å²) in [4.78, 5) is -0.0541. The molecule has 0 aromatic heterocycles. The second-order valence-electron chi connectivity index (χ2n) is 4.60. The number of nitrogen functional groups attached to an aromatic ring is 1. The monoisotopic (exact) mass is 352 g/mol. The molecule has 0 saturated heterocycles. The van der Waals surface area contributed by atoms with Crippen LogP contribution in [0.3, 0.4) is 0 Å². The van der Waals surface area contributed by atoms with E-state index in [4.69, 9.17) is 5.73 Å². The minimum absolute atomic E-state index is 0.0541. The van der Waals surface area contributed by atoms with Gasteiger partial charge in [0.05, 0.1) is 10.6 Å². The van der Waals surface area contributed by atoms with Gasteiger partial charge in [0.25, 0.3) is 0 Å². The molecular weight excluding hydrogens is 335 g/mol. The predicted octanol–water partition coefficient (Wildman–Crippen LogP) is 2.88. The largest absolute Gasteiger partial charge is 0.396 e. The maximum Gasteiger partial charge on any atom is 0.242 e. The number of sulfonamides is 1. The van der Waals surface area contributed by atoms with Crippen LogP contribution in [-0.2, 0) is 10.0 Å². The van der Waals surface area contributed by atoms with Gasteiger partial charge >= 0.3 is 0 Å². The van der Waals surface area contributed by atoms with E-state index < -0.39 is 15.8 Å². The van der Waals surface area contributed by atoms with Crippen molar-refractivity contribution in [3.63, 3.8) is 0 Å². The molecule has 0 aliphatic carbocycles. The van der Waals surface area contributed by atoms with E-state index in [2.05, 4.69) is 20.7 Å². The molecule has 0 fully saturated rings. The Morgan fingerprint density at radius 3 is 2.53 bits per heavy atom. The van der Waals surface area contributed by atoms with Gasteiger partial charge in [-0.15, -0.1) is 0 Å². The zero-order chi connectivity index (χ0) is 14.8. The summed E-state index contributed by atoms with van der Waals surface area (Å²) in [5.74, 6) is -0.452. The molecule has 0 heterocycles. The van der Waals surface area contributed by atoms with Gasteiger partial charge in [-0.2, -0.15) is 0 Å². The van der Waals surface area contributed by atoms with E-state index in [9.17, 15) is 12.8 Å². The van der Waals surface area contributed by atoms with Crippen LogP contribution >= 0.6 is 15.9 Å². The van der Waals surface area contributed by atoms with Gasteiger partial charge in [-0.3, -0.25) is 0 Å². The molecule has 1 rings (SSSR count). The molecule has 2 unspecified atom stereocenters. The highest BCUT2D eigenvalue weighted by molar-refractivity contribution is 9.10. The number of nitrogens with one attached hydrogen (secondary N) is 1. The molecule has 0 aliphatic rings. The third kappa shape index (κ3) is 3.90. The van der Waals surface area contributed by atoms with E-state index in [1.165, 1.54) is 0 Å². The number of hydrogen-bond acceptors (Lipinski definition) is 3. The lowest BCUT2D eigenvalue weighted by atomic mass is 10.0. The number of hydrogen-bond donors (Lipinski definition) is 2. The van der Waals surface area contributed by atoms with Crippen LogP contribution in [0.4, 0.5) is 10.1 Å². The molecule has 19 heavy (non-hydrogen) atoms. The van der Waals surface area contributed by atoms with Crippen molar-refractivity contribution in [2.45, 2.75) is 38.1 Å². The van der Waals surface area contributed by atoms with Gasteiger partial charge in [0.15, 0.2) is 0 Å². The Labute approximate surface area is 121 Å². The van der Waals surface area contributed by atoms with Crippen LogP contribution in [0.25, 0.3) is 0 Å². The third-order valence-corrected chi connectivity index (χ3v) is 5.70. The van der Waals surface area contributed by atoms with Crippen molar-refractivity contribution in [1.82, 2.24) is 4.72 Å². The second-order valence-corrected chi connectivity index (χ2v) is 7.14. The Kier molecular flexibility index (Phi) is 5.34. The summed E-state index contributed by atoms with van der Waals surface area (Å²) in [6.45, 7) is 5.75. The van der Waals surface area contributed by atoms with E-state index in [-0.39, 0.29) is 27.0 Å². The number of halogens is 2. The lowest BCUT2D eigenvalue weighted by Crippen LogP contribution is -2.37. The zero-order valence-electron chi connectivity index (χ0n) is 11.1. The van der Waals surface area contributed by atoms with Crippen molar-refractivity contribution in [3.8, 4) is 0 Å². The second kappa shape index (κ2) is 6.19. The van der Waals surface area contributed by atoms with Gasteiger partial charge in [0.1, 0.15) is 5.82 Å². The van der Waals surface area contributed by atoms with Crippen molar-refractivity contribution in [2.24, 2.45) is 5.92 Å². The molecule has 0 spiro atoms. The van der Waals surface area contributed by atoms with Gasteiger partial charge in [0, 0.05) is 10.5 Å². The van der Waals surface area contributed by atoms with Gasteiger partial charge < -0.3 is 5.73 Å². The highest BCUT2D eigenvalue weighted by atomic mass is 79.9. The molecule has 0 saturated carbocycles. The molecule has 0 amide bonds. The minimum atomic E-state index is -3.73. The van der Waals surface area contributed by atoms with Crippen LogP contribution < -0.4 is 10.5 Å². The maximum atomic E-state index is 13.2. The molecule has 0 radical (unpaired) electrons. The maximum absolute atomic E-state index is 13.2. The third-order valence-electron chi connectivity index (χ3n) is 3.18. The summed E-state index contributed by atoms with van der Waals surface area (Å²) in [5, 5.41) is 0. The van der Waals surface area contributed by atoms with Crippen LogP contribution in [-0.4, -0.2) is 14.5 Å². The van der Waals surface area contributed by atoms with Crippen LogP contribution in [0, 0.1) is 11.7 Å². The molecule has 108 valence electrons. The summed E-state index contributed by atoms with van der Waals surface area (Å²) in [6.07, 6.45) is 0.858. The number of benzene rings is 1. The predicted molar refractivity (Wildman–Crippen MR) is 77.8 cm³/mol. The number of anilines is 1. The summed E-state index contributed by atoms with van der Waals surface area (Å²) >= 11 is 3.05. The van der Waals surface area contributed by atoms with Crippen molar-refractivity contribution in [3.05, 3.63) is 22.4 Å². The first-order chi connectivity index (χ1) is 8.69. The Bertz CT molecular complexity index is 563. The molecule has 7 heteroatoms. The molecule has 4 nitrogen and oxygen atoms in total. The molecular formula is C12H18BrFN2O2S. The topological polar surface area (TPSA) is 72.2 Å². The smallest absolute Gasteiger partial charge is 0.242 e. The SMILES string of the molecule is CCC(C)C(C)NS(=O)(=O)c1cc(N)c(F)cc1Br. The van der Waals surface area contributed by atoms with Gasteiger partial charge in [-0.1, -0.05) is 20.3 Å². The standard InChI is InChI=1S/C12H18BrFN2O2S/c1-4-7(2)8(3)16-19(17,18)12-6-11(15)10(14)5-9(12)13/h5-8,16H,4,15H2,1-3H3. The summed E-state index contributed by atoms with van der Waals surface area (Å²) in [6, 6.07) is 1.95. The molecule has 0 aliphatic heterocycles. The highest BCUT2D eigenvalue weighted by Gasteiger charge is 2.23. The minimum Gasteiger partial charge on any atom is -0.396 e. The number of nitrogens with two attached hydrogens (primary N) is 1. The first-order valence-corrected chi connectivity index (χ1v) is 8.23. The van der Waals surface area contributed by atoms with Gasteiger partial charge in [0.2, 0.25) is 10.0 Å². The van der Waals surface area contributed by atoms with E-state index in [0.717, 1.165) is 18.6 Å². The van der Waals surface area contributed by atoms with Gasteiger partial charge in [-0.25, -0.2) is 17.5 Å². The van der Waals surface area contributed by atoms with Crippen LogP contribution in [0.1, 0.15) is 27.2 Å². The van der Waals surface area contributed by atoms with Crippen molar-refractivity contribution in [1.29, 1.82) is 0 Å². The van der Waals surface area contributed by atoms with Crippen LogP contribution in [0.2, 0.25) is 0 Å². The Morgan fingerprint density at radius 1 is 1.42 bits per heavy atom. The lowest BCUT2D eigenvalue weighted by molar-refractivity contribution is 0.434. The number of rotatable bonds is 5. The van der Waals surface area contributed by atoms with Crippen molar-refractivity contribution < 1.29 is 12.8 Å². The molecule has 2 atom stereocenters. The van der Waals surface area contributed by atoms with Gasteiger partial charge in [-0.05, 0) is 40.9 Å². The van der Waals surface area contributed by atoms with E-state index in [1.807, 2.05) is 13.8 Å². The van der Waals surface area contributed by atoms with Crippen molar-refractivity contribution in [2.75, 3.05) is 5.73 Å². The normalized spacial score (nSPS) is 15.2. The molecule has 1 aromatic carbocycles. The van der Waals surface area contributed by atoms with E-state index in [1.54, 1.807) is 6.92 Å². The molecule has 1 aromatic rings. The Morgan fingerprint density at radius 2 is 2.00 bits per heavy atom. The quantitative estimate of drug-likeness (QED) is 0.800. The van der Waals surface area contributed by atoms with E-state index >= 15 is 0 Å². The zero-order valence-corrected chi connectivity index (χ0v) is 13.5. The fourth-order valence-electron chi connectivity index (χ4n) is 1.53. The lowest BCUT2D eigenvalue weighted by Gasteiger charge is -2.20. The molecule has 3 N–H and O–H groups in total. The summed E-state index contributed by atoms with van der Waals surface area (Å²) in [7, 11) is -3.73. The molecule has 0 bridgehead atoms. The first-order valence-electron chi connectivity index (χ1n) is 5.95. The average Bonchev–Trinajstić information content (AvgIpc) is 2.31. The summed E-state index contributed by atoms with van der Waals surface area (Å²) in [5.41, 5.74) is 5.22. The average molecular weight is 353 g/mol. The van der Waals surface area contributed by atoms with Crippen LogP contribution in [0.15, 0.2) is 21.5 Å².